The zero-order valence-corrected chi connectivity index (χ0v) is 34.0. The van der Waals surface area contributed by atoms with E-state index in [0.29, 0.717) is 50.7 Å². The van der Waals surface area contributed by atoms with E-state index in [2.05, 4.69) is 4.98 Å². The SMILES string of the molecule is O=C1C(c2ccccc2)=CC(=O)C2(c3ccccc3)C1CC1C(=CCC3C(=O)N(c4ccc(-c5nc6ccccc6o5)cc4)C(=O)C31)C2c1ccc(OCc2ccccc2)cc1O. The summed E-state index contributed by atoms with van der Waals surface area (Å²) in [4.78, 5) is 66.1. The summed E-state index contributed by atoms with van der Waals surface area (Å²) >= 11 is 0. The van der Waals surface area contributed by atoms with E-state index in [1.165, 1.54) is 11.0 Å². The zero-order valence-electron chi connectivity index (χ0n) is 34.0. The number of hydrogen-bond donors (Lipinski definition) is 1. The molecule has 2 heterocycles. The highest BCUT2D eigenvalue weighted by Crippen LogP contribution is 2.64. The van der Waals surface area contributed by atoms with Gasteiger partial charge in [-0.15, -0.1) is 0 Å². The van der Waals surface area contributed by atoms with Gasteiger partial charge in [0.2, 0.25) is 17.7 Å². The highest BCUT2D eigenvalue weighted by atomic mass is 16.5. The van der Waals surface area contributed by atoms with Gasteiger partial charge in [-0.2, -0.15) is 0 Å². The van der Waals surface area contributed by atoms with Crippen LogP contribution in [0, 0.1) is 23.7 Å². The number of phenolic OH excluding ortho intramolecular Hbond substituents is 1. The first-order chi connectivity index (χ1) is 30.8. The van der Waals surface area contributed by atoms with Crippen LogP contribution >= 0.6 is 0 Å². The van der Waals surface area contributed by atoms with Crippen molar-refractivity contribution in [1.82, 2.24) is 4.98 Å². The van der Waals surface area contributed by atoms with Gasteiger partial charge in [0.25, 0.3) is 0 Å². The van der Waals surface area contributed by atoms with Crippen LogP contribution in [-0.4, -0.2) is 33.5 Å². The summed E-state index contributed by atoms with van der Waals surface area (Å²) in [5, 5.41) is 12.1. The van der Waals surface area contributed by atoms with Gasteiger partial charge in [-0.05, 0) is 84.0 Å². The van der Waals surface area contributed by atoms with E-state index in [-0.39, 0.29) is 48.6 Å². The number of carbonyl (C=O) groups excluding carboxylic acids is 4. The maximum atomic E-state index is 15.4. The number of amides is 2. The summed E-state index contributed by atoms with van der Waals surface area (Å²) in [5.74, 6) is -4.31. The molecule has 1 saturated heterocycles. The van der Waals surface area contributed by atoms with Crippen LogP contribution in [0.1, 0.15) is 41.0 Å². The van der Waals surface area contributed by atoms with E-state index in [9.17, 15) is 14.7 Å². The fourth-order valence-corrected chi connectivity index (χ4v) is 10.8. The molecule has 7 aromatic rings. The van der Waals surface area contributed by atoms with Crippen molar-refractivity contribution in [2.75, 3.05) is 4.90 Å². The van der Waals surface area contributed by atoms with Gasteiger partial charge in [-0.1, -0.05) is 121 Å². The van der Waals surface area contributed by atoms with Crippen molar-refractivity contribution >= 4 is 45.7 Å². The van der Waals surface area contributed by atoms with E-state index in [4.69, 9.17) is 9.15 Å². The van der Waals surface area contributed by atoms with Crippen molar-refractivity contribution in [3.05, 3.63) is 198 Å². The van der Waals surface area contributed by atoms with Crippen LogP contribution in [0.25, 0.3) is 28.1 Å². The van der Waals surface area contributed by atoms with Gasteiger partial charge >= 0.3 is 0 Å². The van der Waals surface area contributed by atoms with Crippen molar-refractivity contribution in [2.24, 2.45) is 23.7 Å². The molecule has 6 atom stereocenters. The van der Waals surface area contributed by atoms with Crippen LogP contribution in [0.5, 0.6) is 11.5 Å². The Morgan fingerprint density at radius 3 is 2.16 bits per heavy atom. The van der Waals surface area contributed by atoms with Gasteiger partial charge in [0.05, 0.1) is 22.9 Å². The fraction of sp³-hybridized carbons (Fsp3) is 0.167. The van der Waals surface area contributed by atoms with Gasteiger partial charge in [-0.3, -0.25) is 24.1 Å². The molecular weight excluding hydrogens is 789 g/mol. The summed E-state index contributed by atoms with van der Waals surface area (Å²) in [6.07, 6.45) is 3.87. The lowest BCUT2D eigenvalue weighted by atomic mass is 9.44. The molecule has 2 fully saturated rings. The number of nitrogens with zero attached hydrogens (tertiary/aromatic N) is 2. The summed E-state index contributed by atoms with van der Waals surface area (Å²) in [6, 6.07) is 47.8. The number of ether oxygens (including phenoxy) is 1. The Labute approximate surface area is 363 Å². The molecule has 0 bridgehead atoms. The zero-order chi connectivity index (χ0) is 42.8. The first-order valence-electron chi connectivity index (χ1n) is 21.3. The Bertz CT molecular complexity index is 3000. The number of oxazole rings is 1. The van der Waals surface area contributed by atoms with E-state index >= 15 is 9.59 Å². The number of anilines is 1. The molecule has 9 heteroatoms. The highest BCUT2D eigenvalue weighted by molar-refractivity contribution is 6.32. The maximum Gasteiger partial charge on any atom is 0.238 e. The number of Topliss-reactive ketones (excluding diaryl/α,β-unsaturated/α-hetero) is 1. The molecular formula is C54H40N2O7. The second-order valence-electron chi connectivity index (χ2n) is 16.8. The number of carbonyl (C=O) groups is 4. The molecule has 9 nitrogen and oxygen atoms in total. The lowest BCUT2D eigenvalue weighted by molar-refractivity contribution is -0.135. The number of ketones is 2. The number of benzene rings is 6. The van der Waals surface area contributed by atoms with Crippen molar-refractivity contribution in [3.63, 3.8) is 0 Å². The molecule has 6 unspecified atom stereocenters. The molecule has 1 saturated carbocycles. The number of imide groups is 1. The standard InChI is InChI=1S/C54H40N2O7/c57-45-28-37(62-31-32-12-4-1-5-13-32)24-25-39(45)49-38-26-27-40-48(53(61)56(52(40)60)36-22-20-34(21-23-36)51-55-44-18-10-11-19-46(44)63-51)42(38)29-43-50(59)41(33-14-6-2-7-15-33)30-47(58)54(43,49)35-16-8-3-9-17-35/h1-26,28,30,40,42-43,48-49,57H,27,29,31H2. The van der Waals surface area contributed by atoms with Gasteiger partial charge < -0.3 is 14.3 Å². The normalized spacial score (nSPS) is 24.1. The number of hydrogen-bond acceptors (Lipinski definition) is 8. The first-order valence-corrected chi connectivity index (χ1v) is 21.3. The Hall–Kier alpha value is -7.65. The Balaban J connectivity index is 1.02. The number of phenols is 1. The van der Waals surface area contributed by atoms with E-state index in [1.54, 1.807) is 42.5 Å². The third-order valence-corrected chi connectivity index (χ3v) is 13.6. The molecule has 2 amide bonds. The summed E-state index contributed by atoms with van der Waals surface area (Å²) in [5.41, 5.74) is 4.74. The maximum absolute atomic E-state index is 15.4. The van der Waals surface area contributed by atoms with Crippen molar-refractivity contribution in [3.8, 4) is 23.0 Å². The smallest absolute Gasteiger partial charge is 0.238 e. The minimum atomic E-state index is -1.48. The van der Waals surface area contributed by atoms with Crippen LogP contribution < -0.4 is 9.64 Å². The number of fused-ring (bicyclic) bond motifs is 5. The van der Waals surface area contributed by atoms with E-state index in [0.717, 1.165) is 16.7 Å². The summed E-state index contributed by atoms with van der Waals surface area (Å²) in [7, 11) is 0. The van der Waals surface area contributed by atoms with Crippen LogP contribution in [-0.2, 0) is 31.2 Å². The number of allylic oxidation sites excluding steroid dienone is 4. The van der Waals surface area contributed by atoms with Crippen LogP contribution in [0.15, 0.2) is 180 Å². The number of para-hydroxylation sites is 2. The second-order valence-corrected chi connectivity index (χ2v) is 16.8. The van der Waals surface area contributed by atoms with Gasteiger partial charge in [0, 0.05) is 34.6 Å². The van der Waals surface area contributed by atoms with Crippen LogP contribution in [0.2, 0.25) is 0 Å². The summed E-state index contributed by atoms with van der Waals surface area (Å²) < 4.78 is 12.1. The average molecular weight is 829 g/mol. The molecule has 4 aliphatic rings. The average Bonchev–Trinajstić information content (AvgIpc) is 3.87. The van der Waals surface area contributed by atoms with Crippen LogP contribution in [0.4, 0.5) is 5.69 Å². The third-order valence-electron chi connectivity index (χ3n) is 13.6. The number of aromatic hydroxyl groups is 1. The minimum Gasteiger partial charge on any atom is -0.508 e. The molecule has 308 valence electrons. The molecule has 1 aromatic heterocycles. The van der Waals surface area contributed by atoms with Crippen LogP contribution in [0.3, 0.4) is 0 Å². The van der Waals surface area contributed by atoms with Crippen molar-refractivity contribution < 1.29 is 33.4 Å². The number of aromatic nitrogens is 1. The Morgan fingerprint density at radius 2 is 1.43 bits per heavy atom. The quantitative estimate of drug-likeness (QED) is 0.119. The minimum absolute atomic E-state index is 0.101. The number of rotatable bonds is 8. The first kappa shape index (κ1) is 38.3. The monoisotopic (exact) mass is 828 g/mol. The lowest BCUT2D eigenvalue weighted by Crippen LogP contribution is -2.58. The Kier molecular flexibility index (Phi) is 9.15. The molecule has 0 spiro atoms. The van der Waals surface area contributed by atoms with Gasteiger partial charge in [0.1, 0.15) is 23.6 Å². The van der Waals surface area contributed by atoms with Crippen molar-refractivity contribution in [2.45, 2.75) is 30.8 Å². The largest absolute Gasteiger partial charge is 0.508 e. The molecule has 0 radical (unpaired) electrons. The third kappa shape index (κ3) is 6.09. The van der Waals surface area contributed by atoms with Gasteiger partial charge in [-0.25, -0.2) is 4.98 Å². The highest BCUT2D eigenvalue weighted by Gasteiger charge is 2.66. The molecule has 63 heavy (non-hydrogen) atoms. The molecule has 6 aromatic carbocycles. The fourth-order valence-electron chi connectivity index (χ4n) is 10.8. The van der Waals surface area contributed by atoms with E-state index in [1.807, 2.05) is 121 Å². The summed E-state index contributed by atoms with van der Waals surface area (Å²) in [6.45, 7) is 0.279. The molecule has 1 N–H and O–H groups in total. The van der Waals surface area contributed by atoms with E-state index < -0.39 is 35.0 Å². The molecule has 11 rings (SSSR count). The topological polar surface area (TPSA) is 127 Å². The Morgan fingerprint density at radius 1 is 0.730 bits per heavy atom. The predicted octanol–water partition coefficient (Wildman–Crippen LogP) is 9.81. The molecule has 3 aliphatic carbocycles. The second kappa shape index (κ2) is 15.1. The predicted molar refractivity (Wildman–Crippen MR) is 237 cm³/mol. The van der Waals surface area contributed by atoms with Gasteiger partial charge in [0.15, 0.2) is 17.1 Å². The van der Waals surface area contributed by atoms with Crippen molar-refractivity contribution in [1.29, 1.82) is 0 Å². The molecule has 1 aliphatic heterocycles. The lowest BCUT2D eigenvalue weighted by Gasteiger charge is -2.55.